The lowest BCUT2D eigenvalue weighted by atomic mass is 9.79. The number of aryl methyl sites for hydroxylation is 1. The molecular weight excluding hydrogens is 298 g/mol. The van der Waals surface area contributed by atoms with Crippen LogP contribution in [0.2, 0.25) is 0 Å². The van der Waals surface area contributed by atoms with E-state index in [-0.39, 0.29) is 0 Å². The highest BCUT2D eigenvalue weighted by molar-refractivity contribution is 5.06. The molecule has 24 heavy (non-hydrogen) atoms. The number of nitrogens with zero attached hydrogens (tertiary/aromatic N) is 5. The van der Waals surface area contributed by atoms with Crippen LogP contribution in [0.4, 0.5) is 0 Å². The highest BCUT2D eigenvalue weighted by Gasteiger charge is 2.41. The lowest BCUT2D eigenvalue weighted by Crippen LogP contribution is -2.44. The molecule has 1 unspecified atom stereocenters. The van der Waals surface area contributed by atoms with E-state index in [2.05, 4.69) is 38.2 Å². The second-order valence-electron chi connectivity index (χ2n) is 7.62. The van der Waals surface area contributed by atoms with Crippen molar-refractivity contribution in [3.05, 3.63) is 48.0 Å². The molecular formula is C19H27N5. The highest BCUT2D eigenvalue weighted by atomic mass is 15.2. The zero-order valence-corrected chi connectivity index (χ0v) is 14.6. The molecule has 0 radical (unpaired) electrons. The SMILES string of the molecule is Cn1cc(CN2CCCC3(CCN(Cc4ccccn4)C3)C2)cn1. The molecule has 4 heterocycles. The van der Waals surface area contributed by atoms with Gasteiger partial charge in [-0.15, -0.1) is 0 Å². The summed E-state index contributed by atoms with van der Waals surface area (Å²) < 4.78 is 1.90. The van der Waals surface area contributed by atoms with E-state index in [1.165, 1.54) is 56.7 Å². The molecule has 0 aromatic carbocycles. The summed E-state index contributed by atoms with van der Waals surface area (Å²) in [4.78, 5) is 9.71. The number of aromatic nitrogens is 3. The average Bonchev–Trinajstić information content (AvgIpc) is 3.15. The van der Waals surface area contributed by atoms with Crippen molar-refractivity contribution in [2.24, 2.45) is 12.5 Å². The summed E-state index contributed by atoms with van der Waals surface area (Å²) in [5, 5.41) is 4.30. The minimum atomic E-state index is 0.481. The molecule has 2 aliphatic heterocycles. The normalized spacial score (nSPS) is 25.5. The van der Waals surface area contributed by atoms with Gasteiger partial charge in [0, 0.05) is 51.2 Å². The zero-order chi connectivity index (χ0) is 16.4. The number of pyridine rings is 1. The van der Waals surface area contributed by atoms with Crippen LogP contribution in [0, 0.1) is 5.41 Å². The molecule has 128 valence electrons. The van der Waals surface area contributed by atoms with Crippen molar-refractivity contribution < 1.29 is 0 Å². The summed E-state index contributed by atoms with van der Waals surface area (Å²) in [6.45, 7) is 6.89. The second-order valence-corrected chi connectivity index (χ2v) is 7.62. The largest absolute Gasteiger partial charge is 0.298 e. The van der Waals surface area contributed by atoms with Crippen molar-refractivity contribution in [3.63, 3.8) is 0 Å². The van der Waals surface area contributed by atoms with Crippen LogP contribution in [0.3, 0.4) is 0 Å². The summed E-state index contributed by atoms with van der Waals surface area (Å²) >= 11 is 0. The molecule has 0 aliphatic carbocycles. The lowest BCUT2D eigenvalue weighted by Gasteiger charge is -2.40. The Hall–Kier alpha value is -1.72. The topological polar surface area (TPSA) is 37.2 Å². The van der Waals surface area contributed by atoms with E-state index in [4.69, 9.17) is 0 Å². The van der Waals surface area contributed by atoms with Crippen molar-refractivity contribution in [1.29, 1.82) is 0 Å². The van der Waals surface area contributed by atoms with Gasteiger partial charge in [0.1, 0.15) is 0 Å². The molecule has 2 aromatic heterocycles. The van der Waals surface area contributed by atoms with E-state index in [0.717, 1.165) is 13.1 Å². The van der Waals surface area contributed by atoms with Crippen molar-refractivity contribution in [1.82, 2.24) is 24.6 Å². The fourth-order valence-corrected chi connectivity index (χ4v) is 4.47. The fraction of sp³-hybridized carbons (Fsp3) is 0.579. The van der Waals surface area contributed by atoms with Crippen molar-refractivity contribution >= 4 is 0 Å². The van der Waals surface area contributed by atoms with Crippen molar-refractivity contribution in [2.75, 3.05) is 26.2 Å². The quantitative estimate of drug-likeness (QED) is 0.864. The van der Waals surface area contributed by atoms with Crippen LogP contribution < -0.4 is 0 Å². The maximum atomic E-state index is 4.49. The Morgan fingerprint density at radius 2 is 1.96 bits per heavy atom. The smallest absolute Gasteiger partial charge is 0.0543 e. The molecule has 0 bridgehead atoms. The van der Waals surface area contributed by atoms with Crippen LogP contribution in [0.1, 0.15) is 30.5 Å². The molecule has 5 nitrogen and oxygen atoms in total. The van der Waals surface area contributed by atoms with Crippen LogP contribution in [-0.2, 0) is 20.1 Å². The van der Waals surface area contributed by atoms with Gasteiger partial charge in [-0.2, -0.15) is 5.10 Å². The van der Waals surface area contributed by atoms with E-state index >= 15 is 0 Å². The summed E-state index contributed by atoms with van der Waals surface area (Å²) in [6.07, 6.45) is 10.1. The summed E-state index contributed by atoms with van der Waals surface area (Å²) in [7, 11) is 1.99. The first-order chi connectivity index (χ1) is 11.7. The van der Waals surface area contributed by atoms with Crippen molar-refractivity contribution in [2.45, 2.75) is 32.4 Å². The van der Waals surface area contributed by atoms with Gasteiger partial charge in [0.25, 0.3) is 0 Å². The third kappa shape index (κ3) is 3.52. The first-order valence-corrected chi connectivity index (χ1v) is 9.03. The Labute approximate surface area is 144 Å². The fourth-order valence-electron chi connectivity index (χ4n) is 4.47. The minimum Gasteiger partial charge on any atom is -0.298 e. The number of piperidine rings is 1. The molecule has 2 aliphatic rings. The summed E-state index contributed by atoms with van der Waals surface area (Å²) in [6, 6.07) is 6.22. The van der Waals surface area contributed by atoms with Gasteiger partial charge in [0.05, 0.1) is 11.9 Å². The van der Waals surface area contributed by atoms with Crippen molar-refractivity contribution in [3.8, 4) is 0 Å². The lowest BCUT2D eigenvalue weighted by molar-refractivity contribution is 0.0865. The first-order valence-electron chi connectivity index (χ1n) is 9.03. The third-order valence-electron chi connectivity index (χ3n) is 5.53. The van der Waals surface area contributed by atoms with Gasteiger partial charge < -0.3 is 0 Å². The van der Waals surface area contributed by atoms with Gasteiger partial charge in [0.2, 0.25) is 0 Å². The van der Waals surface area contributed by atoms with Gasteiger partial charge in [-0.3, -0.25) is 19.5 Å². The summed E-state index contributed by atoms with van der Waals surface area (Å²) in [5.74, 6) is 0. The van der Waals surface area contributed by atoms with E-state index in [0.29, 0.717) is 5.41 Å². The summed E-state index contributed by atoms with van der Waals surface area (Å²) in [5.41, 5.74) is 3.00. The Bertz CT molecular complexity index is 667. The zero-order valence-electron chi connectivity index (χ0n) is 14.6. The molecule has 2 saturated heterocycles. The minimum absolute atomic E-state index is 0.481. The maximum Gasteiger partial charge on any atom is 0.0543 e. The van der Waals surface area contributed by atoms with Crippen LogP contribution in [0.5, 0.6) is 0 Å². The van der Waals surface area contributed by atoms with Gasteiger partial charge in [-0.25, -0.2) is 0 Å². The van der Waals surface area contributed by atoms with Crippen LogP contribution >= 0.6 is 0 Å². The molecule has 5 heteroatoms. The van der Waals surface area contributed by atoms with Gasteiger partial charge in [0.15, 0.2) is 0 Å². The molecule has 1 atom stereocenters. The Kier molecular flexibility index (Phi) is 4.37. The molecule has 0 N–H and O–H groups in total. The van der Waals surface area contributed by atoms with Crippen LogP contribution in [0.15, 0.2) is 36.8 Å². The third-order valence-corrected chi connectivity index (χ3v) is 5.53. The van der Waals surface area contributed by atoms with Gasteiger partial charge >= 0.3 is 0 Å². The molecule has 0 amide bonds. The molecule has 2 fully saturated rings. The standard InChI is InChI=1S/C19H27N5/c1-22-12-17(11-21-22)13-23-9-4-6-19(15-23)7-10-24(16-19)14-18-5-2-3-8-20-18/h2-3,5,8,11-12H,4,6-7,9-10,13-16H2,1H3. The van der Waals surface area contributed by atoms with Gasteiger partial charge in [-0.05, 0) is 49.9 Å². The first kappa shape index (κ1) is 15.8. The van der Waals surface area contributed by atoms with E-state index in [1.54, 1.807) is 0 Å². The number of likely N-dealkylation sites (tertiary alicyclic amines) is 2. The average molecular weight is 325 g/mol. The molecule has 2 aromatic rings. The Balaban J connectivity index is 1.36. The number of hydrogen-bond acceptors (Lipinski definition) is 4. The van der Waals surface area contributed by atoms with E-state index in [1.807, 2.05) is 30.2 Å². The van der Waals surface area contributed by atoms with Gasteiger partial charge in [-0.1, -0.05) is 6.07 Å². The van der Waals surface area contributed by atoms with E-state index in [9.17, 15) is 0 Å². The highest BCUT2D eigenvalue weighted by Crippen LogP contribution is 2.39. The second kappa shape index (κ2) is 6.65. The predicted molar refractivity (Wildman–Crippen MR) is 94.3 cm³/mol. The van der Waals surface area contributed by atoms with Crippen LogP contribution in [-0.4, -0.2) is 50.7 Å². The molecule has 1 spiro atoms. The molecule has 0 saturated carbocycles. The maximum absolute atomic E-state index is 4.49. The van der Waals surface area contributed by atoms with E-state index < -0.39 is 0 Å². The number of rotatable bonds is 4. The Morgan fingerprint density at radius 3 is 2.71 bits per heavy atom. The predicted octanol–water partition coefficient (Wildman–Crippen LogP) is 2.30. The Morgan fingerprint density at radius 1 is 1.08 bits per heavy atom. The number of hydrogen-bond donors (Lipinski definition) is 0. The molecule has 4 rings (SSSR count). The monoisotopic (exact) mass is 325 g/mol. The van der Waals surface area contributed by atoms with Crippen LogP contribution in [0.25, 0.3) is 0 Å².